The Balaban J connectivity index is 1.52. The minimum atomic E-state index is -1.62. The Labute approximate surface area is 160 Å². The summed E-state index contributed by atoms with van der Waals surface area (Å²) in [7, 11) is 0. The molecule has 1 aliphatic heterocycles. The van der Waals surface area contributed by atoms with Crippen LogP contribution in [0, 0.1) is 0 Å². The zero-order valence-electron chi connectivity index (χ0n) is 14.9. The SMILES string of the molecule is CC(NCP1(=S)CNc2cccc3cccc(c23)NC1)c1ccccc1. The van der Waals surface area contributed by atoms with Crippen molar-refractivity contribution in [2.45, 2.75) is 13.0 Å². The second-order valence-corrected chi connectivity index (χ2v) is 12.3. The van der Waals surface area contributed by atoms with Gasteiger partial charge in [0.25, 0.3) is 0 Å². The van der Waals surface area contributed by atoms with Crippen LogP contribution in [0.1, 0.15) is 18.5 Å². The largest absolute Gasteiger partial charge is 0.380 e. The molecule has 1 heterocycles. The van der Waals surface area contributed by atoms with Crippen molar-refractivity contribution < 1.29 is 0 Å². The van der Waals surface area contributed by atoms with E-state index in [-0.39, 0.29) is 0 Å². The van der Waals surface area contributed by atoms with Crippen LogP contribution in [0.5, 0.6) is 0 Å². The highest BCUT2D eigenvalue weighted by Crippen LogP contribution is 2.47. The number of rotatable bonds is 4. The third-order valence-electron chi connectivity index (χ3n) is 5.01. The Hall–Kier alpha value is -1.87. The first kappa shape index (κ1) is 17.5. The van der Waals surface area contributed by atoms with Crippen molar-refractivity contribution >= 4 is 40.0 Å². The molecule has 5 heteroatoms. The molecule has 0 saturated heterocycles. The van der Waals surface area contributed by atoms with Crippen molar-refractivity contribution in [1.29, 1.82) is 0 Å². The summed E-state index contributed by atoms with van der Waals surface area (Å²) in [6.45, 7) is 2.21. The zero-order valence-corrected chi connectivity index (χ0v) is 16.6. The van der Waals surface area contributed by atoms with E-state index in [1.165, 1.54) is 27.7 Å². The normalized spacial score (nSPS) is 16.8. The minimum Gasteiger partial charge on any atom is -0.380 e. The number of hydrogen-bond acceptors (Lipinski definition) is 4. The molecule has 0 aromatic heterocycles. The monoisotopic (exact) mass is 381 g/mol. The van der Waals surface area contributed by atoms with Crippen LogP contribution in [0.15, 0.2) is 66.7 Å². The van der Waals surface area contributed by atoms with Crippen LogP contribution in [0.2, 0.25) is 0 Å². The Kier molecular flexibility index (Phi) is 4.99. The fraction of sp³-hybridized carbons (Fsp3) is 0.238. The number of anilines is 2. The molecular weight excluding hydrogens is 357 g/mol. The lowest BCUT2D eigenvalue weighted by atomic mass is 10.1. The van der Waals surface area contributed by atoms with Crippen molar-refractivity contribution in [2.75, 3.05) is 29.5 Å². The van der Waals surface area contributed by atoms with Crippen molar-refractivity contribution in [1.82, 2.24) is 5.32 Å². The summed E-state index contributed by atoms with van der Waals surface area (Å²) < 4.78 is 0. The van der Waals surface area contributed by atoms with Gasteiger partial charge in [-0.2, -0.15) is 0 Å². The van der Waals surface area contributed by atoms with Gasteiger partial charge in [-0.1, -0.05) is 66.4 Å². The fourth-order valence-electron chi connectivity index (χ4n) is 3.42. The van der Waals surface area contributed by atoms with Gasteiger partial charge in [0.05, 0.1) is 0 Å². The summed E-state index contributed by atoms with van der Waals surface area (Å²) in [5.41, 5.74) is 3.66. The topological polar surface area (TPSA) is 36.1 Å². The van der Waals surface area contributed by atoms with Crippen molar-refractivity contribution in [3.63, 3.8) is 0 Å². The van der Waals surface area contributed by atoms with Gasteiger partial charge in [0.1, 0.15) is 0 Å². The van der Waals surface area contributed by atoms with Gasteiger partial charge in [0.15, 0.2) is 0 Å². The maximum Gasteiger partial charge on any atom is 0.0467 e. The third kappa shape index (κ3) is 3.64. The number of benzene rings is 3. The van der Waals surface area contributed by atoms with Gasteiger partial charge >= 0.3 is 0 Å². The van der Waals surface area contributed by atoms with Gasteiger partial charge in [-0.3, -0.25) is 0 Å². The molecule has 0 radical (unpaired) electrons. The molecule has 0 bridgehead atoms. The molecule has 4 rings (SSSR count). The molecule has 3 nitrogen and oxygen atoms in total. The summed E-state index contributed by atoms with van der Waals surface area (Å²) in [4.78, 5) is 0. The standard InChI is InChI=1S/C21H24N3PS/c1-16(17-7-3-2-4-8-17)22-13-25(26)14-23-19-11-5-9-18-10-6-12-20(21(18)19)24-15-25/h2-12,16,22-24H,13-15H2,1H3. The van der Waals surface area contributed by atoms with Crippen LogP contribution in [-0.2, 0) is 11.8 Å². The molecule has 0 saturated carbocycles. The van der Waals surface area contributed by atoms with Crippen LogP contribution in [0.3, 0.4) is 0 Å². The molecule has 1 atom stereocenters. The van der Waals surface area contributed by atoms with E-state index in [1.54, 1.807) is 0 Å². The molecule has 0 fully saturated rings. The number of hydrogen-bond donors (Lipinski definition) is 3. The summed E-state index contributed by atoms with van der Waals surface area (Å²) in [6, 6.07) is 22.1. The van der Waals surface area contributed by atoms with Gasteiger partial charge in [0.2, 0.25) is 0 Å². The van der Waals surface area contributed by atoms with Gasteiger partial charge in [-0.15, -0.1) is 0 Å². The fourth-order valence-corrected chi connectivity index (χ4v) is 5.89. The molecule has 134 valence electrons. The molecule has 1 unspecified atom stereocenters. The van der Waals surface area contributed by atoms with Gasteiger partial charge < -0.3 is 16.0 Å². The van der Waals surface area contributed by atoms with E-state index in [4.69, 9.17) is 11.8 Å². The maximum atomic E-state index is 6.13. The van der Waals surface area contributed by atoms with E-state index in [9.17, 15) is 0 Å². The molecule has 0 spiro atoms. The first-order valence-electron chi connectivity index (χ1n) is 9.00. The molecule has 3 aromatic rings. The summed E-state index contributed by atoms with van der Waals surface area (Å²) in [6.07, 6.45) is 2.59. The van der Waals surface area contributed by atoms with E-state index in [1.807, 2.05) is 0 Å². The highest BCUT2D eigenvalue weighted by Gasteiger charge is 2.21. The molecular formula is C21H24N3PS. The van der Waals surface area contributed by atoms with Crippen molar-refractivity contribution in [2.24, 2.45) is 0 Å². The first-order valence-corrected chi connectivity index (χ1v) is 12.4. The van der Waals surface area contributed by atoms with E-state index < -0.39 is 6.04 Å². The van der Waals surface area contributed by atoms with Crippen LogP contribution in [0.4, 0.5) is 11.4 Å². The molecule has 0 amide bonds. The molecule has 3 aromatic carbocycles. The Morgan fingerprint density at radius 2 is 1.54 bits per heavy atom. The van der Waals surface area contributed by atoms with E-state index in [0.717, 1.165) is 18.9 Å². The molecule has 1 aliphatic rings. The Morgan fingerprint density at radius 3 is 2.15 bits per heavy atom. The highest BCUT2D eigenvalue weighted by molar-refractivity contribution is 8.14. The maximum absolute atomic E-state index is 6.13. The van der Waals surface area contributed by atoms with Gasteiger partial charge in [-0.25, -0.2) is 0 Å². The quantitative estimate of drug-likeness (QED) is 0.530. The minimum absolute atomic E-state index is 0.303. The average Bonchev–Trinajstić information content (AvgIpc) is 2.68. The Bertz CT molecular complexity index is 911. The average molecular weight is 381 g/mol. The van der Waals surface area contributed by atoms with E-state index >= 15 is 0 Å². The second kappa shape index (κ2) is 7.40. The van der Waals surface area contributed by atoms with Crippen molar-refractivity contribution in [3.8, 4) is 0 Å². The second-order valence-electron chi connectivity index (χ2n) is 6.93. The lowest BCUT2D eigenvalue weighted by Crippen LogP contribution is -2.25. The highest BCUT2D eigenvalue weighted by atomic mass is 32.4. The first-order chi connectivity index (χ1) is 12.6. The van der Waals surface area contributed by atoms with Crippen molar-refractivity contribution in [3.05, 3.63) is 72.3 Å². The van der Waals surface area contributed by atoms with E-state index in [0.29, 0.717) is 6.04 Å². The Morgan fingerprint density at radius 1 is 0.923 bits per heavy atom. The molecule has 0 aliphatic carbocycles. The lowest BCUT2D eigenvalue weighted by molar-refractivity contribution is 0.635. The van der Waals surface area contributed by atoms with Crippen LogP contribution >= 0.6 is 6.04 Å². The van der Waals surface area contributed by atoms with Gasteiger partial charge in [0, 0.05) is 47.7 Å². The predicted molar refractivity (Wildman–Crippen MR) is 118 cm³/mol. The summed E-state index contributed by atoms with van der Waals surface area (Å²) in [5, 5.41) is 13.5. The van der Waals surface area contributed by atoms with Crippen LogP contribution in [-0.4, -0.2) is 18.9 Å². The lowest BCUT2D eigenvalue weighted by Gasteiger charge is -2.29. The summed E-state index contributed by atoms with van der Waals surface area (Å²) >= 11 is 6.13. The zero-order chi connectivity index (χ0) is 18.0. The molecule has 26 heavy (non-hydrogen) atoms. The third-order valence-corrected chi connectivity index (χ3v) is 8.39. The van der Waals surface area contributed by atoms with Gasteiger partial charge in [-0.05, 0) is 30.0 Å². The van der Waals surface area contributed by atoms with Crippen LogP contribution in [0.25, 0.3) is 10.8 Å². The van der Waals surface area contributed by atoms with Crippen LogP contribution < -0.4 is 16.0 Å². The summed E-state index contributed by atoms with van der Waals surface area (Å²) in [5.74, 6) is 0. The van der Waals surface area contributed by atoms with E-state index in [2.05, 4.69) is 89.6 Å². The number of nitrogens with one attached hydrogen (secondary N) is 3. The predicted octanol–water partition coefficient (Wildman–Crippen LogP) is 5.38. The molecule has 3 N–H and O–H groups in total. The smallest absolute Gasteiger partial charge is 0.0467 e.